The molecule has 250 valence electrons. The minimum absolute atomic E-state index is 0.174. The van der Waals surface area contributed by atoms with Crippen LogP contribution in [0.4, 0.5) is 11.6 Å². The third-order valence-electron chi connectivity index (χ3n) is 8.16. The zero-order valence-corrected chi connectivity index (χ0v) is 27.5. The number of hydrogen-bond acceptors (Lipinski definition) is 10. The Kier molecular flexibility index (Phi) is 13.3. The average Bonchev–Trinajstić information content (AvgIpc) is 3.52. The number of aromatic nitrogens is 4. The predicted octanol–water partition coefficient (Wildman–Crippen LogP) is 5.41. The molecule has 4 heterocycles. The van der Waals surface area contributed by atoms with Crippen molar-refractivity contribution < 1.29 is 18.9 Å². The van der Waals surface area contributed by atoms with Gasteiger partial charge in [-0.1, -0.05) is 36.9 Å². The Balaban J connectivity index is 0.000000624. The molecule has 1 saturated carbocycles. The van der Waals surface area contributed by atoms with Gasteiger partial charge in [-0.05, 0) is 50.3 Å². The summed E-state index contributed by atoms with van der Waals surface area (Å²) in [6, 6.07) is 5.99. The van der Waals surface area contributed by atoms with Gasteiger partial charge < -0.3 is 35.3 Å². The fraction of sp³-hybridized carbons (Fsp3) is 0.576. The maximum atomic E-state index is 6.37. The van der Waals surface area contributed by atoms with Gasteiger partial charge in [0.05, 0.1) is 56.6 Å². The molecule has 0 spiro atoms. The van der Waals surface area contributed by atoms with E-state index in [9.17, 15) is 0 Å². The molecule has 0 bridgehead atoms. The molecule has 6 rings (SSSR count). The van der Waals surface area contributed by atoms with Crippen molar-refractivity contribution in [2.75, 3.05) is 58.0 Å². The van der Waals surface area contributed by atoms with Crippen LogP contribution in [0.25, 0.3) is 11.1 Å². The number of nitrogens with two attached hydrogens (primary N) is 1. The molecule has 3 aromatic rings. The van der Waals surface area contributed by atoms with Crippen LogP contribution in [0.5, 0.6) is 11.6 Å². The van der Waals surface area contributed by atoms with Gasteiger partial charge in [0, 0.05) is 43.6 Å². The lowest BCUT2D eigenvalue weighted by Gasteiger charge is -2.22. The van der Waals surface area contributed by atoms with Crippen LogP contribution in [0.2, 0.25) is 5.02 Å². The van der Waals surface area contributed by atoms with Crippen molar-refractivity contribution in [2.45, 2.75) is 64.0 Å². The summed E-state index contributed by atoms with van der Waals surface area (Å²) >= 11 is 6.37. The van der Waals surface area contributed by atoms with Crippen LogP contribution in [0, 0.1) is 5.92 Å². The molecule has 2 aliphatic heterocycles. The van der Waals surface area contributed by atoms with Crippen molar-refractivity contribution in [1.82, 2.24) is 25.1 Å². The van der Waals surface area contributed by atoms with Crippen molar-refractivity contribution in [3.8, 4) is 22.8 Å². The second-order valence-corrected chi connectivity index (χ2v) is 12.3. The summed E-state index contributed by atoms with van der Waals surface area (Å²) in [5.41, 5.74) is 7.84. The Bertz CT molecular complexity index is 1340. The number of rotatable bonds is 11. The number of aliphatic imine (C=N–C) groups is 1. The Morgan fingerprint density at radius 2 is 1.89 bits per heavy atom. The average molecular weight is 655 g/mol. The second kappa shape index (κ2) is 18.0. The highest BCUT2D eigenvalue weighted by Crippen LogP contribution is 2.34. The topological polar surface area (TPSA) is 143 Å². The SMILES string of the molecule is C1COCCN1.C[C@@H](CN=CN)Oc1cc(-c2cnc(Nc3cn(C4CCCCC4)nc3OCC3CCCOC3)nc2)ccc1Cl. The molecule has 1 aliphatic carbocycles. The number of halogens is 1. The number of nitrogens with one attached hydrogen (secondary N) is 2. The van der Waals surface area contributed by atoms with E-state index in [0.717, 1.165) is 82.0 Å². The first-order valence-electron chi connectivity index (χ1n) is 16.4. The quantitative estimate of drug-likeness (QED) is 0.181. The number of ether oxygens (including phenoxy) is 4. The monoisotopic (exact) mass is 654 g/mol. The summed E-state index contributed by atoms with van der Waals surface area (Å²) in [7, 11) is 0. The minimum Gasteiger partial charge on any atom is -0.487 e. The third kappa shape index (κ3) is 10.3. The predicted molar refractivity (Wildman–Crippen MR) is 180 cm³/mol. The van der Waals surface area contributed by atoms with E-state index in [2.05, 4.69) is 30.3 Å². The van der Waals surface area contributed by atoms with E-state index in [4.69, 9.17) is 41.4 Å². The number of nitrogens with zero attached hydrogens (tertiary/aromatic N) is 5. The molecule has 2 atom stereocenters. The lowest BCUT2D eigenvalue weighted by Crippen LogP contribution is -2.30. The van der Waals surface area contributed by atoms with Crippen LogP contribution in [-0.2, 0) is 9.47 Å². The number of hydrogen-bond donors (Lipinski definition) is 3. The third-order valence-corrected chi connectivity index (χ3v) is 8.47. The van der Waals surface area contributed by atoms with E-state index in [1.165, 1.54) is 25.6 Å². The van der Waals surface area contributed by atoms with Gasteiger partial charge in [-0.25, -0.2) is 9.97 Å². The molecule has 46 heavy (non-hydrogen) atoms. The van der Waals surface area contributed by atoms with Gasteiger partial charge in [0.15, 0.2) is 0 Å². The Morgan fingerprint density at radius 3 is 2.57 bits per heavy atom. The molecule has 12 nitrogen and oxygen atoms in total. The van der Waals surface area contributed by atoms with Gasteiger partial charge >= 0.3 is 0 Å². The molecule has 3 fully saturated rings. The van der Waals surface area contributed by atoms with Gasteiger partial charge in [-0.15, -0.1) is 5.10 Å². The summed E-state index contributed by atoms with van der Waals surface area (Å²) in [4.78, 5) is 13.2. The highest BCUT2D eigenvalue weighted by Gasteiger charge is 2.22. The first kappa shape index (κ1) is 33.9. The zero-order valence-electron chi connectivity index (χ0n) is 26.7. The Morgan fingerprint density at radius 1 is 1.09 bits per heavy atom. The fourth-order valence-corrected chi connectivity index (χ4v) is 5.81. The van der Waals surface area contributed by atoms with Gasteiger partial charge in [0.1, 0.15) is 17.5 Å². The zero-order chi connectivity index (χ0) is 32.0. The highest BCUT2D eigenvalue weighted by molar-refractivity contribution is 6.32. The van der Waals surface area contributed by atoms with Gasteiger partial charge in [0.2, 0.25) is 5.95 Å². The van der Waals surface area contributed by atoms with Crippen LogP contribution in [0.1, 0.15) is 57.9 Å². The van der Waals surface area contributed by atoms with Crippen molar-refractivity contribution in [1.29, 1.82) is 0 Å². The maximum absolute atomic E-state index is 6.37. The van der Waals surface area contributed by atoms with Crippen molar-refractivity contribution in [2.24, 2.45) is 16.6 Å². The number of morpholine rings is 1. The van der Waals surface area contributed by atoms with Gasteiger partial charge in [0.25, 0.3) is 5.88 Å². The summed E-state index contributed by atoms with van der Waals surface area (Å²) in [5.74, 6) is 2.00. The summed E-state index contributed by atoms with van der Waals surface area (Å²) in [6.07, 6.45) is 14.9. The van der Waals surface area contributed by atoms with Crippen LogP contribution >= 0.6 is 11.6 Å². The molecule has 1 unspecified atom stereocenters. The molecule has 2 saturated heterocycles. The van der Waals surface area contributed by atoms with Crippen molar-refractivity contribution >= 4 is 29.6 Å². The van der Waals surface area contributed by atoms with Crippen LogP contribution in [0.3, 0.4) is 0 Å². The summed E-state index contributed by atoms with van der Waals surface area (Å²) in [6.45, 7) is 8.33. The minimum atomic E-state index is -0.174. The molecule has 1 aromatic carbocycles. The Labute approximate surface area is 276 Å². The molecular weight excluding hydrogens is 608 g/mol. The molecular formula is C33H47ClN8O4. The largest absolute Gasteiger partial charge is 0.487 e. The second-order valence-electron chi connectivity index (χ2n) is 11.9. The maximum Gasteiger partial charge on any atom is 0.256 e. The lowest BCUT2D eigenvalue weighted by molar-refractivity contribution is 0.0343. The lowest BCUT2D eigenvalue weighted by atomic mass is 9.96. The van der Waals surface area contributed by atoms with Crippen LogP contribution < -0.4 is 25.8 Å². The summed E-state index contributed by atoms with van der Waals surface area (Å²) < 4.78 is 24.9. The molecule has 4 N–H and O–H groups in total. The number of anilines is 2. The van der Waals surface area contributed by atoms with E-state index in [-0.39, 0.29) is 6.10 Å². The van der Waals surface area contributed by atoms with E-state index in [1.54, 1.807) is 18.5 Å². The normalized spacial score (nSPS) is 19.7. The van der Waals surface area contributed by atoms with E-state index < -0.39 is 0 Å². The summed E-state index contributed by atoms with van der Waals surface area (Å²) in [5, 5.41) is 11.8. The first-order valence-corrected chi connectivity index (χ1v) is 16.8. The van der Waals surface area contributed by atoms with Crippen LogP contribution in [0.15, 0.2) is 41.8 Å². The van der Waals surface area contributed by atoms with Crippen LogP contribution in [-0.4, -0.2) is 84.9 Å². The van der Waals surface area contributed by atoms with E-state index in [1.807, 2.05) is 25.3 Å². The smallest absolute Gasteiger partial charge is 0.256 e. The van der Waals surface area contributed by atoms with E-state index >= 15 is 0 Å². The van der Waals surface area contributed by atoms with Gasteiger partial charge in [-0.2, -0.15) is 0 Å². The Hall–Kier alpha value is -3.45. The standard InChI is InChI=1S/C29H38ClN7O3.C4H9NO/c1-20(13-32-19-31)40-27-12-22(9-10-25(27)30)23-14-33-29(34-15-23)35-26-16-37(24-7-3-2-4-8-24)36-28(26)39-18-21-6-5-11-38-17-21;1-3-6-4-2-5-1/h9-10,12,14-16,19-21,24H,2-8,11,13,17-18H2,1H3,(H2,31,32)(H,33,34,35);5H,1-4H2/t20-,21?;/m0./s1. The molecule has 3 aliphatic rings. The highest BCUT2D eigenvalue weighted by atomic mass is 35.5. The van der Waals surface area contributed by atoms with Crippen molar-refractivity contribution in [3.05, 3.63) is 41.8 Å². The molecule has 13 heteroatoms. The van der Waals surface area contributed by atoms with Gasteiger partial charge in [-0.3, -0.25) is 9.67 Å². The number of benzene rings is 1. The molecule has 0 amide bonds. The molecule has 0 radical (unpaired) electrons. The fourth-order valence-electron chi connectivity index (χ4n) is 5.65. The van der Waals surface area contributed by atoms with Crippen molar-refractivity contribution in [3.63, 3.8) is 0 Å². The molecule has 2 aromatic heterocycles. The first-order chi connectivity index (χ1) is 22.6. The van der Waals surface area contributed by atoms with E-state index in [0.29, 0.717) is 47.7 Å².